The molecule has 133 heavy (non-hydrogen) atoms. The van der Waals surface area contributed by atoms with Gasteiger partial charge in [0, 0.05) is 33.1 Å². The summed E-state index contributed by atoms with van der Waals surface area (Å²) in [6, 6.07) is 170. The van der Waals surface area contributed by atoms with Crippen LogP contribution in [-0.4, -0.2) is 48.6 Å². The van der Waals surface area contributed by atoms with Crippen LogP contribution in [0.15, 0.2) is 485 Å². The Hall–Kier alpha value is -18.0. The molecule has 0 bridgehead atoms. The van der Waals surface area contributed by atoms with Crippen molar-refractivity contribution in [2.45, 2.75) is 0 Å². The van der Waals surface area contributed by atoms with Crippen molar-refractivity contribution in [3.05, 3.63) is 485 Å². The fourth-order valence-corrected chi connectivity index (χ4v) is 18.9. The molecule has 622 valence electrons. The number of fused-ring (bicyclic) bond motifs is 13. The van der Waals surface area contributed by atoms with Crippen LogP contribution in [0.25, 0.3) is 239 Å². The summed E-state index contributed by atoms with van der Waals surface area (Å²) in [5.41, 5.74) is 39.3. The van der Waals surface area contributed by atoms with Gasteiger partial charge in [0.1, 0.15) is 22.4 Å². The van der Waals surface area contributed by atoms with Gasteiger partial charge in [0.05, 0.1) is 55.3 Å². The van der Waals surface area contributed by atoms with E-state index in [1.54, 1.807) is 0 Å². The highest BCUT2D eigenvalue weighted by molar-refractivity contribution is 6.11. The van der Waals surface area contributed by atoms with E-state index in [1.807, 2.05) is 36.4 Å². The van der Waals surface area contributed by atoms with Crippen LogP contribution in [-0.2, 0) is 0 Å². The molecule has 0 saturated heterocycles. The topological polar surface area (TPSA) is 105 Å². The summed E-state index contributed by atoms with van der Waals surface area (Å²) in [5, 5.41) is 5.68. The van der Waals surface area contributed by atoms with Gasteiger partial charge in [0.15, 0.2) is 16.9 Å². The van der Waals surface area contributed by atoms with Crippen molar-refractivity contribution in [1.29, 1.82) is 0 Å². The van der Waals surface area contributed by atoms with Crippen molar-refractivity contribution in [1.82, 2.24) is 48.6 Å². The second-order valence-corrected chi connectivity index (χ2v) is 33.4. The lowest BCUT2D eigenvalue weighted by molar-refractivity contribution is 1.06. The van der Waals surface area contributed by atoms with Gasteiger partial charge in [-0.2, -0.15) is 0 Å². The average Bonchev–Trinajstić information content (AvgIpc) is 1.59. The summed E-state index contributed by atoms with van der Waals surface area (Å²) in [4.78, 5) is 36.2. The number of nitrogens with zero attached hydrogens (tertiary/aromatic N) is 10. The number of pyridine rings is 1. The predicted molar refractivity (Wildman–Crippen MR) is 551 cm³/mol. The van der Waals surface area contributed by atoms with E-state index in [-0.39, 0.29) is 0 Å². The van der Waals surface area contributed by atoms with Crippen molar-refractivity contribution in [2.24, 2.45) is 0 Å². The second kappa shape index (κ2) is 34.0. The van der Waals surface area contributed by atoms with Crippen LogP contribution in [0, 0.1) is 0 Å². The third kappa shape index (κ3) is 14.8. The largest absolute Gasteiger partial charge is 0.293 e. The number of aromatic nitrogens is 10. The molecule has 0 atom stereocenters. The van der Waals surface area contributed by atoms with Gasteiger partial charge >= 0.3 is 0 Å². The summed E-state index contributed by atoms with van der Waals surface area (Å²) >= 11 is 0. The first-order valence-electron chi connectivity index (χ1n) is 44.9. The molecule has 7 heterocycles. The van der Waals surface area contributed by atoms with E-state index in [0.717, 1.165) is 161 Å². The molecule has 0 unspecified atom stereocenters. The summed E-state index contributed by atoms with van der Waals surface area (Å²) in [6.45, 7) is 0. The molecule has 7 aromatic heterocycles. The van der Waals surface area contributed by atoms with Crippen molar-refractivity contribution in [3.63, 3.8) is 0 Å². The number of hydrogen-bond donors (Lipinski definition) is 0. The molecule has 10 nitrogen and oxygen atoms in total. The fraction of sp³-hybridized carbons (Fsp3) is 0. The van der Waals surface area contributed by atoms with Crippen LogP contribution in [0.2, 0.25) is 0 Å². The van der Waals surface area contributed by atoms with Gasteiger partial charge in [0.2, 0.25) is 0 Å². The first kappa shape index (κ1) is 78.5. The molecular weight excluding hydrogens is 1620 g/mol. The molecule has 0 aliphatic heterocycles. The molecule has 0 radical (unpaired) electrons. The van der Waals surface area contributed by atoms with Crippen molar-refractivity contribution < 1.29 is 0 Å². The van der Waals surface area contributed by atoms with Crippen molar-refractivity contribution in [2.75, 3.05) is 0 Å². The van der Waals surface area contributed by atoms with E-state index in [1.165, 1.54) is 77.5 Å². The molecule has 0 N–H and O–H groups in total. The highest BCUT2D eigenvalue weighted by atomic mass is 15.1. The number of benzene rings is 19. The lowest BCUT2D eigenvalue weighted by Crippen LogP contribution is -2.00. The highest BCUT2D eigenvalue weighted by Crippen LogP contribution is 2.42. The Bertz CT molecular complexity index is 8900. The fourth-order valence-electron chi connectivity index (χ4n) is 18.9. The van der Waals surface area contributed by atoms with Crippen LogP contribution < -0.4 is 0 Å². The molecular formula is C123H80N10. The zero-order valence-corrected chi connectivity index (χ0v) is 72.2. The van der Waals surface area contributed by atoms with E-state index in [0.29, 0.717) is 0 Å². The van der Waals surface area contributed by atoms with Gasteiger partial charge in [0.25, 0.3) is 0 Å². The first-order chi connectivity index (χ1) is 65.9. The molecule has 0 aliphatic carbocycles. The van der Waals surface area contributed by atoms with E-state index in [2.05, 4.69) is 463 Å². The molecule has 0 spiro atoms. The molecule has 10 heteroatoms. The molecule has 0 amide bonds. The molecule has 26 aromatic rings. The van der Waals surface area contributed by atoms with Gasteiger partial charge < -0.3 is 0 Å². The summed E-state index contributed by atoms with van der Waals surface area (Å²) < 4.78 is 6.57. The maximum atomic E-state index is 5.23. The van der Waals surface area contributed by atoms with Crippen LogP contribution in [0.5, 0.6) is 0 Å². The van der Waals surface area contributed by atoms with Gasteiger partial charge in [-0.3, -0.25) is 13.7 Å². The minimum Gasteiger partial charge on any atom is -0.293 e. The molecule has 0 fully saturated rings. The van der Waals surface area contributed by atoms with Gasteiger partial charge in [-0.1, -0.05) is 394 Å². The minimum atomic E-state index is 0.797. The van der Waals surface area contributed by atoms with Crippen LogP contribution in [0.1, 0.15) is 0 Å². The highest BCUT2D eigenvalue weighted by Gasteiger charge is 2.23. The smallest absolute Gasteiger partial charge is 0.166 e. The molecule has 0 aliphatic rings. The van der Waals surface area contributed by atoms with Crippen molar-refractivity contribution in [3.8, 4) is 129 Å². The summed E-state index contributed by atoms with van der Waals surface area (Å²) in [6.07, 6.45) is 0. The Labute approximate surface area is 767 Å². The third-order valence-electron chi connectivity index (χ3n) is 25.4. The predicted octanol–water partition coefficient (Wildman–Crippen LogP) is 31.4. The van der Waals surface area contributed by atoms with E-state index < -0.39 is 0 Å². The zero-order chi connectivity index (χ0) is 88.1. The van der Waals surface area contributed by atoms with E-state index >= 15 is 0 Å². The number of hydrogen-bond acceptors (Lipinski definition) is 7. The van der Waals surface area contributed by atoms with E-state index in [4.69, 9.17) is 34.9 Å². The lowest BCUT2D eigenvalue weighted by atomic mass is 9.93. The Balaban J connectivity index is 0.000000110. The number of rotatable bonds is 13. The quantitative estimate of drug-likeness (QED) is 0.113. The first-order valence-corrected chi connectivity index (χ1v) is 44.9. The SMILES string of the molecule is c1ccc(-c2cccc(-n3c4ccccc4c4nc5cc(-c6ccc(-c7ccccc7-c7ccccc7)cc6)ccc5nc43)n2)cc1.c1ccc(-c2ccccc2-c2ccc(-c3ccc4nc5c(nc4c3)c3ccccc3n5-c3ccc4ccccc4c3)cc2)cc1.c1ccc(-c2ccccc2-c2ccc(-c3ccc4nc5c(nc4c3)c3ccccc3n5-c3ccccc3)cc2)cc1. The Morgan fingerprint density at radius 2 is 0.444 bits per heavy atom. The zero-order valence-electron chi connectivity index (χ0n) is 72.2. The Morgan fingerprint density at radius 3 is 0.835 bits per heavy atom. The minimum absolute atomic E-state index is 0.797. The Morgan fingerprint density at radius 1 is 0.150 bits per heavy atom. The van der Waals surface area contributed by atoms with E-state index in [9.17, 15) is 0 Å². The molecule has 19 aromatic carbocycles. The average molecular weight is 1700 g/mol. The maximum Gasteiger partial charge on any atom is 0.166 e. The normalized spacial score (nSPS) is 11.5. The van der Waals surface area contributed by atoms with Crippen LogP contribution in [0.3, 0.4) is 0 Å². The maximum absolute atomic E-state index is 5.23. The van der Waals surface area contributed by atoms with Crippen LogP contribution in [0.4, 0.5) is 0 Å². The molecule has 26 rings (SSSR count). The van der Waals surface area contributed by atoms with Gasteiger partial charge in [-0.25, -0.2) is 34.9 Å². The lowest BCUT2D eigenvalue weighted by Gasteiger charge is -2.11. The summed E-state index contributed by atoms with van der Waals surface area (Å²) in [5.74, 6) is 0.816. The van der Waals surface area contributed by atoms with Crippen LogP contribution >= 0.6 is 0 Å². The second-order valence-electron chi connectivity index (χ2n) is 33.4. The summed E-state index contributed by atoms with van der Waals surface area (Å²) in [7, 11) is 0. The van der Waals surface area contributed by atoms with Gasteiger partial charge in [-0.15, -0.1) is 0 Å². The van der Waals surface area contributed by atoms with Crippen molar-refractivity contribution >= 4 is 110 Å². The number of para-hydroxylation sites is 4. The third-order valence-corrected chi connectivity index (χ3v) is 25.4. The monoisotopic (exact) mass is 1700 g/mol. The Kier molecular flexibility index (Phi) is 20.1. The standard InChI is InChI=1S/C43H28N4.C42H27N3.C38H25N3/c1-3-12-30(13-4-1)34-16-7-8-17-35(34)31-24-22-29(23-25-31)33-26-27-38-39(28-33)45-42-36-18-9-10-20-40(36)47(43(42)46-38)41-21-11-19-37(44-41)32-14-5-2-6-15-32;1-2-11-30(12-3-1)35-14-6-7-15-36(35)31-20-18-29(19-21-31)33-23-25-38-39(27-33)43-41-37-16-8-9-17-40(37)45(42(41)44-38)34-24-22-28-10-4-5-13-32(28)26-34;1-3-11-27(12-4-1)31-15-7-8-16-32(31)28-21-19-26(20-22-28)29-23-24-34-35(25-29)39-37-33-17-9-10-18-36(33)41(38(37)40-34)30-13-5-2-6-14-30/h1-28H;1-27H;1-25H. The van der Waals surface area contributed by atoms with Gasteiger partial charge in [-0.05, 0) is 202 Å². The molecule has 0 saturated carbocycles.